The van der Waals surface area contributed by atoms with Crippen molar-refractivity contribution in [3.8, 4) is 6.07 Å². The van der Waals surface area contributed by atoms with Gasteiger partial charge in [-0.25, -0.2) is 0 Å². The highest BCUT2D eigenvalue weighted by Crippen LogP contribution is 2.51. The van der Waals surface area contributed by atoms with Gasteiger partial charge in [-0.05, 0) is 45.4 Å². The van der Waals surface area contributed by atoms with Crippen LogP contribution in [0.1, 0.15) is 74.1 Å². The van der Waals surface area contributed by atoms with Crippen molar-refractivity contribution in [2.75, 3.05) is 0 Å². The molecule has 0 saturated carbocycles. The summed E-state index contributed by atoms with van der Waals surface area (Å²) < 4.78 is -0.557. The minimum atomic E-state index is -0.913. The maximum atomic E-state index is 12.7. The summed E-state index contributed by atoms with van der Waals surface area (Å²) >= 11 is 4.63. The van der Waals surface area contributed by atoms with Gasteiger partial charge < -0.3 is 10.4 Å². The van der Waals surface area contributed by atoms with Crippen LogP contribution in [-0.4, -0.2) is 27.8 Å². The van der Waals surface area contributed by atoms with Gasteiger partial charge in [-0.2, -0.15) is 17.9 Å². The van der Waals surface area contributed by atoms with Gasteiger partial charge in [0, 0.05) is 17.2 Å². The summed E-state index contributed by atoms with van der Waals surface area (Å²) in [6, 6.07) is 2.36. The molecule has 0 aliphatic carbocycles. The molecule has 0 saturated heterocycles. The molecule has 0 aromatic rings. The Hall–Kier alpha value is -1.22. The number of nitrogens with one attached hydrogen (secondary N) is 1. The Balaban J connectivity index is 5.74. The number of hydrogen-bond donors (Lipinski definition) is 3. The van der Waals surface area contributed by atoms with Gasteiger partial charge >= 0.3 is 5.97 Å². The number of thiol groups is 1. The summed E-state index contributed by atoms with van der Waals surface area (Å²) in [6.45, 7) is 13.4. The van der Waals surface area contributed by atoms with Gasteiger partial charge in [0.2, 0.25) is 5.91 Å². The van der Waals surface area contributed by atoms with Crippen LogP contribution in [0.25, 0.3) is 0 Å². The number of rotatable bonds is 10. The van der Waals surface area contributed by atoms with Crippen molar-refractivity contribution in [2.45, 2.75) is 84.9 Å². The molecule has 3 atom stereocenters. The zero-order valence-corrected chi connectivity index (χ0v) is 17.5. The summed E-state index contributed by atoms with van der Waals surface area (Å²) in [7, 11) is 0. The van der Waals surface area contributed by atoms with E-state index < -0.39 is 21.5 Å². The lowest BCUT2D eigenvalue weighted by Gasteiger charge is -2.45. The lowest BCUT2D eigenvalue weighted by Crippen LogP contribution is -2.48. The highest BCUT2D eigenvalue weighted by molar-refractivity contribution is 7.81. The van der Waals surface area contributed by atoms with Gasteiger partial charge in [-0.15, -0.1) is 0 Å². The molecule has 0 aromatic carbocycles. The average Bonchev–Trinajstić information content (AvgIpc) is 2.47. The third-order valence-electron chi connectivity index (χ3n) is 5.45. The molecule has 0 spiro atoms. The van der Waals surface area contributed by atoms with Gasteiger partial charge in [0.15, 0.2) is 0 Å². The first kappa shape index (κ1) is 23.8. The normalized spacial score (nSPS) is 17.9. The largest absolute Gasteiger partial charge is 0.481 e. The van der Waals surface area contributed by atoms with E-state index in [2.05, 4.69) is 24.0 Å². The summed E-state index contributed by atoms with van der Waals surface area (Å²) in [6.07, 6.45) is 1.34. The number of carboxylic acid groups (broad SMARTS) is 1. The number of carbonyl (C=O) groups is 2. The Labute approximate surface area is 158 Å². The second kappa shape index (κ2) is 8.93. The van der Waals surface area contributed by atoms with Crippen molar-refractivity contribution in [1.82, 2.24) is 5.32 Å². The van der Waals surface area contributed by atoms with Crippen LogP contribution in [0, 0.1) is 28.1 Å². The summed E-state index contributed by atoms with van der Waals surface area (Å²) in [5, 5.41) is 21.8. The highest BCUT2D eigenvalue weighted by atomic mass is 32.1. The maximum Gasteiger partial charge on any atom is 0.303 e. The second-order valence-electron chi connectivity index (χ2n) is 8.33. The van der Waals surface area contributed by atoms with Crippen molar-refractivity contribution < 1.29 is 14.7 Å². The molecule has 3 unspecified atom stereocenters. The van der Waals surface area contributed by atoms with Crippen LogP contribution in [0.3, 0.4) is 0 Å². The molecule has 6 heteroatoms. The fourth-order valence-electron chi connectivity index (χ4n) is 3.11. The van der Waals surface area contributed by atoms with Crippen molar-refractivity contribution in [3.63, 3.8) is 0 Å². The number of hydrogen-bond acceptors (Lipinski definition) is 4. The Kier molecular flexibility index (Phi) is 8.50. The number of nitrogens with zero attached hydrogens (tertiary/aromatic N) is 1. The minimum absolute atomic E-state index is 0.0212. The third kappa shape index (κ3) is 6.54. The lowest BCUT2D eigenvalue weighted by atomic mass is 9.58. The predicted molar refractivity (Wildman–Crippen MR) is 103 cm³/mol. The molecular weight excluding hydrogens is 336 g/mol. The maximum absolute atomic E-state index is 12.7. The molecule has 2 N–H and O–H groups in total. The van der Waals surface area contributed by atoms with E-state index in [0.717, 1.165) is 0 Å². The van der Waals surface area contributed by atoms with Crippen molar-refractivity contribution in [3.05, 3.63) is 0 Å². The summed E-state index contributed by atoms with van der Waals surface area (Å²) in [5.74, 6) is -1.38. The SMILES string of the molecule is CCC(C)(CC(C(=O)NC(C)C)C(C)(C)S)C(C)(C#N)CCC(=O)O. The molecule has 1 amide bonds. The van der Waals surface area contributed by atoms with E-state index in [4.69, 9.17) is 5.11 Å². The first-order valence-electron chi connectivity index (χ1n) is 8.88. The molecule has 0 aliphatic heterocycles. The Morgan fingerprint density at radius 1 is 1.24 bits per heavy atom. The molecule has 144 valence electrons. The van der Waals surface area contributed by atoms with E-state index >= 15 is 0 Å². The van der Waals surface area contributed by atoms with Crippen LogP contribution in [-0.2, 0) is 9.59 Å². The molecule has 0 bridgehead atoms. The standard InChI is InChI=1S/C19H34N2O3S/c1-8-18(6,19(7,12-20)10-9-15(22)23)11-14(17(4,5)25)16(24)21-13(2)3/h13-14,25H,8-11H2,1-7H3,(H,21,24)(H,22,23). The first-order valence-corrected chi connectivity index (χ1v) is 9.33. The quantitative estimate of drug-likeness (QED) is 0.506. The molecule has 5 nitrogen and oxygen atoms in total. The lowest BCUT2D eigenvalue weighted by molar-refractivity contribution is -0.138. The van der Waals surface area contributed by atoms with Crippen LogP contribution in [0.4, 0.5) is 0 Å². The Morgan fingerprint density at radius 2 is 1.76 bits per heavy atom. The van der Waals surface area contributed by atoms with E-state index in [1.54, 1.807) is 0 Å². The van der Waals surface area contributed by atoms with Gasteiger partial charge in [0.05, 0.1) is 17.4 Å². The van der Waals surface area contributed by atoms with E-state index in [0.29, 0.717) is 12.8 Å². The van der Waals surface area contributed by atoms with E-state index in [1.165, 1.54) is 0 Å². The monoisotopic (exact) mass is 370 g/mol. The van der Waals surface area contributed by atoms with Gasteiger partial charge in [-0.3, -0.25) is 9.59 Å². The summed E-state index contributed by atoms with van der Waals surface area (Å²) in [4.78, 5) is 23.7. The van der Waals surface area contributed by atoms with Crippen LogP contribution < -0.4 is 5.32 Å². The minimum Gasteiger partial charge on any atom is -0.481 e. The smallest absolute Gasteiger partial charge is 0.303 e. The molecule has 0 heterocycles. The first-order chi connectivity index (χ1) is 11.2. The van der Waals surface area contributed by atoms with Crippen LogP contribution in [0.5, 0.6) is 0 Å². The average molecular weight is 371 g/mol. The highest BCUT2D eigenvalue weighted by Gasteiger charge is 2.48. The van der Waals surface area contributed by atoms with Crippen LogP contribution in [0.15, 0.2) is 0 Å². The fourth-order valence-corrected chi connectivity index (χ4v) is 3.32. The van der Waals surface area contributed by atoms with E-state index in [1.807, 2.05) is 48.5 Å². The molecule has 0 radical (unpaired) electrons. The topological polar surface area (TPSA) is 90.2 Å². The zero-order chi connectivity index (χ0) is 20.1. The Bertz CT molecular complexity index is 522. The summed E-state index contributed by atoms with van der Waals surface area (Å²) in [5.41, 5.74) is -1.34. The molecule has 25 heavy (non-hydrogen) atoms. The molecule has 0 aliphatic rings. The number of amides is 1. The second-order valence-corrected chi connectivity index (χ2v) is 9.48. The molecule has 0 rings (SSSR count). The van der Waals surface area contributed by atoms with Crippen LogP contribution in [0.2, 0.25) is 0 Å². The number of carbonyl (C=O) groups excluding carboxylic acids is 1. The van der Waals surface area contributed by atoms with Gasteiger partial charge in [-0.1, -0.05) is 27.7 Å². The fraction of sp³-hybridized carbons (Fsp3) is 0.842. The van der Waals surface area contributed by atoms with E-state index in [9.17, 15) is 14.9 Å². The van der Waals surface area contributed by atoms with Crippen molar-refractivity contribution in [2.24, 2.45) is 16.7 Å². The van der Waals surface area contributed by atoms with Gasteiger partial charge in [0.1, 0.15) is 0 Å². The molecular formula is C19H34N2O3S. The van der Waals surface area contributed by atoms with Crippen LogP contribution >= 0.6 is 12.6 Å². The Morgan fingerprint density at radius 3 is 2.08 bits per heavy atom. The predicted octanol–water partition coefficient (Wildman–Crippen LogP) is 4.04. The van der Waals surface area contributed by atoms with Gasteiger partial charge in [0.25, 0.3) is 0 Å². The number of aliphatic carboxylic acids is 1. The zero-order valence-electron chi connectivity index (χ0n) is 16.6. The molecule has 0 aromatic heterocycles. The third-order valence-corrected chi connectivity index (χ3v) is 5.76. The number of carboxylic acids is 1. The number of nitriles is 1. The van der Waals surface area contributed by atoms with E-state index in [-0.39, 0.29) is 30.7 Å². The van der Waals surface area contributed by atoms with Crippen molar-refractivity contribution in [1.29, 1.82) is 5.26 Å². The van der Waals surface area contributed by atoms with Crippen molar-refractivity contribution >= 4 is 24.5 Å². The molecule has 0 fully saturated rings.